The highest BCUT2D eigenvalue weighted by molar-refractivity contribution is 5.76. The molecule has 41 heavy (non-hydrogen) atoms. The third kappa shape index (κ3) is 4.38. The van der Waals surface area contributed by atoms with Crippen molar-refractivity contribution in [2.24, 2.45) is 14.1 Å². The lowest BCUT2D eigenvalue weighted by atomic mass is 9.72. The minimum Gasteiger partial charge on any atom is -0.223 e. The number of aryl methyl sites for hydroxylation is 3. The average molecular weight is 536 g/mol. The molecule has 3 heteroatoms. The summed E-state index contributed by atoms with van der Waals surface area (Å²) in [6.07, 6.45) is 2.13. The van der Waals surface area contributed by atoms with Gasteiger partial charge in [-0.2, -0.15) is 9.13 Å². The Kier molecular flexibility index (Phi) is 6.88. The van der Waals surface area contributed by atoms with Crippen LogP contribution in [0.4, 0.5) is 0 Å². The van der Waals surface area contributed by atoms with E-state index < -0.39 is 5.41 Å². The van der Waals surface area contributed by atoms with Gasteiger partial charge in [-0.1, -0.05) is 97.1 Å². The molecule has 2 heterocycles. The van der Waals surface area contributed by atoms with Gasteiger partial charge < -0.3 is 0 Å². The summed E-state index contributed by atoms with van der Waals surface area (Å²) in [6.45, 7) is 6.87. The van der Waals surface area contributed by atoms with Gasteiger partial charge in [-0.3, -0.25) is 0 Å². The molecule has 6 rings (SSSR count). The van der Waals surface area contributed by atoms with Crippen LogP contribution in [-0.2, 0) is 19.5 Å². The van der Waals surface area contributed by atoms with Crippen LogP contribution in [0.3, 0.4) is 0 Å². The van der Waals surface area contributed by atoms with Crippen molar-refractivity contribution in [3.63, 3.8) is 0 Å². The van der Waals surface area contributed by atoms with Crippen LogP contribution >= 0.6 is 0 Å². The molecule has 0 amide bonds. The molecule has 6 aromatic rings. The first-order valence-corrected chi connectivity index (χ1v) is 14.3. The van der Waals surface area contributed by atoms with E-state index in [1.165, 1.54) is 45.0 Å². The molecule has 0 N–H and O–H groups in total. The fourth-order valence-electron chi connectivity index (χ4n) is 6.59. The third-order valence-corrected chi connectivity index (χ3v) is 8.49. The lowest BCUT2D eigenvalue weighted by Crippen LogP contribution is -2.46. The lowest BCUT2D eigenvalue weighted by Gasteiger charge is -2.31. The van der Waals surface area contributed by atoms with Gasteiger partial charge in [0.05, 0.1) is 7.05 Å². The van der Waals surface area contributed by atoms with E-state index in [4.69, 9.17) is 0 Å². The molecule has 0 bridgehead atoms. The van der Waals surface area contributed by atoms with Gasteiger partial charge in [0.15, 0.2) is 11.9 Å². The first-order chi connectivity index (χ1) is 19.9. The predicted molar refractivity (Wildman–Crippen MR) is 167 cm³/mol. The number of hydrogen-bond donors (Lipinski definition) is 0. The quantitative estimate of drug-likeness (QED) is 0.197. The highest BCUT2D eigenvalue weighted by Gasteiger charge is 2.48. The van der Waals surface area contributed by atoms with E-state index in [2.05, 4.69) is 182 Å². The highest BCUT2D eigenvalue weighted by atomic mass is 15.2. The summed E-state index contributed by atoms with van der Waals surface area (Å²) in [5.74, 6) is 1.20. The van der Waals surface area contributed by atoms with E-state index in [1.54, 1.807) is 0 Å². The number of pyridine rings is 1. The fraction of sp³-hybridized carbons (Fsp3) is 0.158. The molecule has 2 aromatic heterocycles. The van der Waals surface area contributed by atoms with Crippen molar-refractivity contribution in [2.75, 3.05) is 0 Å². The predicted octanol–water partition coefficient (Wildman–Crippen LogP) is 7.43. The number of imidazole rings is 1. The van der Waals surface area contributed by atoms with E-state index in [0.29, 0.717) is 0 Å². The van der Waals surface area contributed by atoms with E-state index in [9.17, 15) is 0 Å². The summed E-state index contributed by atoms with van der Waals surface area (Å²) in [4.78, 5) is 0. The van der Waals surface area contributed by atoms with E-state index in [-0.39, 0.29) is 0 Å². The molecule has 0 radical (unpaired) electrons. The SMILES string of the molecule is Cc1ccccc1C(C)(c1ccccc1C)c1n(-c2ccccc2)c(-c2ccccc2)c(-c2cccc[n+]2C)[n+]1C. The topological polar surface area (TPSA) is 12.7 Å². The monoisotopic (exact) mass is 535 g/mol. The van der Waals surface area contributed by atoms with Gasteiger partial charge in [0, 0.05) is 17.7 Å². The minimum absolute atomic E-state index is 0.476. The van der Waals surface area contributed by atoms with Crippen LogP contribution < -0.4 is 9.13 Å². The van der Waals surface area contributed by atoms with Gasteiger partial charge in [-0.25, -0.2) is 4.57 Å². The normalized spacial score (nSPS) is 11.5. The standard InChI is InChI=1S/C38H37N3/c1-28-18-12-14-24-32(28)38(3,33-25-15-13-19-29(33)2)37-40(5)36(34-26-16-17-27-39(34)4)35(30-20-8-6-9-21-30)41(37)31-22-10-7-11-23-31/h6-27H,1-5H3/q+2. The first kappa shape index (κ1) is 26.5. The molecule has 0 aliphatic heterocycles. The van der Waals surface area contributed by atoms with Gasteiger partial charge in [-0.15, -0.1) is 0 Å². The Hall–Kier alpha value is -4.76. The molecule has 0 spiro atoms. The average Bonchev–Trinajstić information content (AvgIpc) is 3.31. The van der Waals surface area contributed by atoms with E-state index >= 15 is 0 Å². The van der Waals surface area contributed by atoms with Crippen LogP contribution in [0.15, 0.2) is 134 Å². The van der Waals surface area contributed by atoms with Gasteiger partial charge in [0.2, 0.25) is 5.69 Å². The first-order valence-electron chi connectivity index (χ1n) is 14.3. The van der Waals surface area contributed by atoms with Crippen molar-refractivity contribution < 1.29 is 9.13 Å². The third-order valence-electron chi connectivity index (χ3n) is 8.49. The van der Waals surface area contributed by atoms with E-state index in [1.807, 2.05) is 0 Å². The Morgan fingerprint density at radius 3 is 1.66 bits per heavy atom. The molecular formula is C38H37N3+2. The summed E-state index contributed by atoms with van der Waals surface area (Å²) < 4.78 is 7.15. The molecule has 0 fully saturated rings. The maximum absolute atomic E-state index is 2.50. The number of para-hydroxylation sites is 1. The van der Waals surface area contributed by atoms with Crippen LogP contribution in [0.25, 0.3) is 28.3 Å². The summed E-state index contributed by atoms with van der Waals surface area (Å²) in [5, 5.41) is 0. The second-order valence-corrected chi connectivity index (χ2v) is 11.1. The highest BCUT2D eigenvalue weighted by Crippen LogP contribution is 2.44. The maximum Gasteiger partial charge on any atom is 0.277 e. The molecule has 4 aromatic carbocycles. The number of benzene rings is 4. The van der Waals surface area contributed by atoms with Crippen LogP contribution in [0.5, 0.6) is 0 Å². The summed E-state index contributed by atoms with van der Waals surface area (Å²) >= 11 is 0. The van der Waals surface area contributed by atoms with E-state index in [0.717, 1.165) is 11.4 Å². The second kappa shape index (κ2) is 10.7. The smallest absolute Gasteiger partial charge is 0.223 e. The summed E-state index contributed by atoms with van der Waals surface area (Å²) in [6, 6.07) is 45.7. The minimum atomic E-state index is -0.476. The van der Waals surface area contributed by atoms with Crippen molar-refractivity contribution in [3.05, 3.63) is 162 Å². The Morgan fingerprint density at radius 1 is 0.585 bits per heavy atom. The molecule has 0 saturated carbocycles. The van der Waals surface area contributed by atoms with Crippen molar-refractivity contribution >= 4 is 0 Å². The van der Waals surface area contributed by atoms with Gasteiger partial charge in [0.1, 0.15) is 18.2 Å². The largest absolute Gasteiger partial charge is 0.277 e. The number of hydrogen-bond acceptors (Lipinski definition) is 0. The Balaban J connectivity index is 1.87. The molecule has 0 saturated heterocycles. The Labute approximate surface area is 243 Å². The molecule has 3 nitrogen and oxygen atoms in total. The summed E-state index contributed by atoms with van der Waals surface area (Å²) in [7, 11) is 4.36. The van der Waals surface area contributed by atoms with Crippen molar-refractivity contribution in [1.29, 1.82) is 0 Å². The fourth-order valence-corrected chi connectivity index (χ4v) is 6.59. The van der Waals surface area contributed by atoms with Crippen LogP contribution in [-0.4, -0.2) is 4.57 Å². The molecular weight excluding hydrogens is 498 g/mol. The molecule has 0 aliphatic rings. The zero-order chi connectivity index (χ0) is 28.6. The molecule has 0 aliphatic carbocycles. The van der Waals surface area contributed by atoms with Gasteiger partial charge in [-0.05, 0) is 61.2 Å². The zero-order valence-electron chi connectivity index (χ0n) is 24.5. The van der Waals surface area contributed by atoms with Crippen molar-refractivity contribution in [3.8, 4) is 28.3 Å². The number of aromatic nitrogens is 3. The van der Waals surface area contributed by atoms with Gasteiger partial charge in [0.25, 0.3) is 11.5 Å². The molecule has 0 atom stereocenters. The Bertz CT molecular complexity index is 1790. The number of nitrogens with zero attached hydrogens (tertiary/aromatic N) is 3. The summed E-state index contributed by atoms with van der Waals surface area (Å²) in [5.41, 5.74) is 10.5. The van der Waals surface area contributed by atoms with Gasteiger partial charge >= 0.3 is 0 Å². The van der Waals surface area contributed by atoms with Crippen LogP contribution in [0.2, 0.25) is 0 Å². The molecule has 0 unspecified atom stereocenters. The maximum atomic E-state index is 2.50. The Morgan fingerprint density at radius 2 is 1.10 bits per heavy atom. The zero-order valence-corrected chi connectivity index (χ0v) is 24.5. The van der Waals surface area contributed by atoms with Crippen LogP contribution in [0.1, 0.15) is 35.0 Å². The second-order valence-electron chi connectivity index (χ2n) is 11.1. The molecule has 202 valence electrons. The van der Waals surface area contributed by atoms with Crippen molar-refractivity contribution in [1.82, 2.24) is 4.57 Å². The number of rotatable bonds is 6. The van der Waals surface area contributed by atoms with Crippen LogP contribution in [0, 0.1) is 13.8 Å². The van der Waals surface area contributed by atoms with Crippen molar-refractivity contribution in [2.45, 2.75) is 26.2 Å². The lowest BCUT2D eigenvalue weighted by molar-refractivity contribution is -0.694.